The van der Waals surface area contributed by atoms with Gasteiger partial charge in [0.25, 0.3) is 0 Å². The summed E-state index contributed by atoms with van der Waals surface area (Å²) in [6.07, 6.45) is 9.19. The van der Waals surface area contributed by atoms with Crippen molar-refractivity contribution in [2.45, 2.75) is 64.0 Å². The maximum atomic E-state index is 11.9. The van der Waals surface area contributed by atoms with E-state index in [1.807, 2.05) is 6.26 Å². The highest BCUT2D eigenvalue weighted by atomic mass is 32.2. The Morgan fingerprint density at radius 1 is 1.29 bits per heavy atom. The summed E-state index contributed by atoms with van der Waals surface area (Å²) in [7, 11) is 0. The van der Waals surface area contributed by atoms with Crippen molar-refractivity contribution in [3.63, 3.8) is 0 Å². The van der Waals surface area contributed by atoms with E-state index in [0.29, 0.717) is 6.42 Å². The summed E-state index contributed by atoms with van der Waals surface area (Å²) >= 11 is 1.58. The highest BCUT2D eigenvalue weighted by Crippen LogP contribution is 2.27. The Kier molecular flexibility index (Phi) is 8.57. The van der Waals surface area contributed by atoms with Crippen molar-refractivity contribution >= 4 is 23.8 Å². The number of aliphatic carboxylic acids is 1. The van der Waals surface area contributed by atoms with Gasteiger partial charge in [0.15, 0.2) is 0 Å². The van der Waals surface area contributed by atoms with Gasteiger partial charge in [0.1, 0.15) is 6.04 Å². The van der Waals surface area contributed by atoms with Gasteiger partial charge in [0.05, 0.1) is 0 Å². The molecular weight excluding hydrogens is 288 g/mol. The summed E-state index contributed by atoms with van der Waals surface area (Å²) in [5, 5.41) is 14.6. The molecule has 1 aliphatic rings. The van der Waals surface area contributed by atoms with Gasteiger partial charge in [0.2, 0.25) is 0 Å². The Bertz CT molecular complexity index is 331. The van der Waals surface area contributed by atoms with E-state index < -0.39 is 12.0 Å². The molecule has 1 fully saturated rings. The highest BCUT2D eigenvalue weighted by molar-refractivity contribution is 7.98. The van der Waals surface area contributed by atoms with Gasteiger partial charge in [-0.05, 0) is 50.0 Å². The molecule has 1 aliphatic carbocycles. The first-order valence-electron chi connectivity index (χ1n) is 7.85. The van der Waals surface area contributed by atoms with Gasteiger partial charge in [-0.3, -0.25) is 0 Å². The third kappa shape index (κ3) is 7.07. The van der Waals surface area contributed by atoms with Gasteiger partial charge in [-0.25, -0.2) is 9.59 Å². The van der Waals surface area contributed by atoms with E-state index in [4.69, 9.17) is 5.11 Å². The first-order chi connectivity index (χ1) is 10.1. The molecule has 1 rings (SSSR count). The van der Waals surface area contributed by atoms with Gasteiger partial charge < -0.3 is 15.7 Å². The van der Waals surface area contributed by atoms with E-state index in [0.717, 1.165) is 37.4 Å². The number of rotatable bonds is 8. The minimum Gasteiger partial charge on any atom is -0.480 e. The van der Waals surface area contributed by atoms with Crippen LogP contribution in [0.1, 0.15) is 51.9 Å². The number of carbonyl (C=O) groups is 2. The molecule has 0 heterocycles. The second kappa shape index (κ2) is 9.92. The Morgan fingerprint density at radius 2 is 1.95 bits per heavy atom. The lowest BCUT2D eigenvalue weighted by Gasteiger charge is -2.29. The fourth-order valence-electron chi connectivity index (χ4n) is 2.88. The molecule has 5 nitrogen and oxygen atoms in total. The lowest BCUT2D eigenvalue weighted by Crippen LogP contribution is -2.49. The molecule has 0 saturated heterocycles. The molecule has 0 aromatic heterocycles. The molecule has 21 heavy (non-hydrogen) atoms. The largest absolute Gasteiger partial charge is 0.480 e. The number of carboxylic acid groups (broad SMARTS) is 1. The summed E-state index contributed by atoms with van der Waals surface area (Å²) in [6.45, 7) is 2.21. The number of amides is 2. The maximum absolute atomic E-state index is 11.9. The van der Waals surface area contributed by atoms with E-state index in [-0.39, 0.29) is 12.1 Å². The minimum absolute atomic E-state index is 0.188. The normalized spacial score (nSPS) is 23.3. The van der Waals surface area contributed by atoms with E-state index in [1.165, 1.54) is 12.8 Å². The van der Waals surface area contributed by atoms with Crippen molar-refractivity contribution in [3.8, 4) is 0 Å². The van der Waals surface area contributed by atoms with E-state index >= 15 is 0 Å². The predicted octanol–water partition coefficient (Wildman–Crippen LogP) is 2.85. The second-order valence-corrected chi connectivity index (χ2v) is 6.78. The molecular formula is C15H28N2O3S. The van der Waals surface area contributed by atoms with Crippen LogP contribution in [-0.2, 0) is 4.79 Å². The molecule has 6 heteroatoms. The van der Waals surface area contributed by atoms with Gasteiger partial charge in [0, 0.05) is 6.04 Å². The van der Waals surface area contributed by atoms with Crippen LogP contribution in [0, 0.1) is 5.92 Å². The number of carbonyl (C=O) groups excluding carboxylic acids is 1. The fraction of sp³-hybridized carbons (Fsp3) is 0.867. The number of carboxylic acids is 1. The van der Waals surface area contributed by atoms with Crippen LogP contribution in [0.3, 0.4) is 0 Å². The Morgan fingerprint density at radius 3 is 2.48 bits per heavy atom. The quantitative estimate of drug-likeness (QED) is 0.643. The summed E-state index contributed by atoms with van der Waals surface area (Å²) in [6, 6.07) is -0.954. The monoisotopic (exact) mass is 316 g/mol. The zero-order valence-corrected chi connectivity index (χ0v) is 13.9. The smallest absolute Gasteiger partial charge is 0.326 e. The number of hydrogen-bond donors (Lipinski definition) is 3. The molecule has 1 atom stereocenters. The first-order valence-corrected chi connectivity index (χ1v) is 9.25. The topological polar surface area (TPSA) is 78.4 Å². The second-order valence-electron chi connectivity index (χ2n) is 5.80. The van der Waals surface area contributed by atoms with Crippen LogP contribution in [0.25, 0.3) is 0 Å². The Hall–Kier alpha value is -0.910. The van der Waals surface area contributed by atoms with Crippen molar-refractivity contribution in [1.29, 1.82) is 0 Å². The summed E-state index contributed by atoms with van der Waals surface area (Å²) < 4.78 is 0. The summed E-state index contributed by atoms with van der Waals surface area (Å²) in [5.41, 5.74) is 0. The van der Waals surface area contributed by atoms with Gasteiger partial charge >= 0.3 is 12.0 Å². The highest BCUT2D eigenvalue weighted by Gasteiger charge is 2.24. The van der Waals surface area contributed by atoms with Crippen molar-refractivity contribution < 1.29 is 14.7 Å². The molecule has 0 bridgehead atoms. The average Bonchev–Trinajstić information content (AvgIpc) is 2.45. The van der Waals surface area contributed by atoms with E-state index in [9.17, 15) is 9.59 Å². The molecule has 3 N–H and O–H groups in total. The van der Waals surface area contributed by atoms with Crippen LogP contribution in [0.15, 0.2) is 0 Å². The fourth-order valence-corrected chi connectivity index (χ4v) is 3.35. The molecule has 0 aromatic rings. The zero-order chi connectivity index (χ0) is 15.7. The lowest BCUT2D eigenvalue weighted by molar-refractivity contribution is -0.139. The Labute approximate surface area is 131 Å². The van der Waals surface area contributed by atoms with Crippen molar-refractivity contribution in [2.24, 2.45) is 5.92 Å². The molecule has 0 aliphatic heterocycles. The molecule has 0 spiro atoms. The number of thioether (sulfide) groups is 1. The van der Waals surface area contributed by atoms with E-state index in [1.54, 1.807) is 11.8 Å². The third-order valence-corrected chi connectivity index (χ3v) is 4.74. The summed E-state index contributed by atoms with van der Waals surface area (Å²) in [5.74, 6) is 0.551. The van der Waals surface area contributed by atoms with Crippen LogP contribution >= 0.6 is 11.8 Å². The van der Waals surface area contributed by atoms with Crippen LogP contribution < -0.4 is 10.6 Å². The molecule has 122 valence electrons. The maximum Gasteiger partial charge on any atom is 0.326 e. The molecule has 1 unspecified atom stereocenters. The van der Waals surface area contributed by atoms with Crippen molar-refractivity contribution in [1.82, 2.24) is 10.6 Å². The van der Waals surface area contributed by atoms with Crippen molar-refractivity contribution in [2.75, 3.05) is 12.0 Å². The first kappa shape index (κ1) is 18.1. The van der Waals surface area contributed by atoms with Gasteiger partial charge in [-0.1, -0.05) is 19.8 Å². The van der Waals surface area contributed by atoms with Gasteiger partial charge in [-0.2, -0.15) is 11.8 Å². The molecule has 1 saturated carbocycles. The lowest BCUT2D eigenvalue weighted by atomic mass is 9.83. The standard InChI is InChI=1S/C15H28N2O3S/c1-3-4-11-5-7-12(8-6-11)16-15(20)17-13(14(18)19)9-10-21-2/h11-13H,3-10H2,1-2H3,(H,18,19)(H2,16,17,20). The molecule has 0 aromatic carbocycles. The minimum atomic E-state index is -0.967. The average molecular weight is 316 g/mol. The van der Waals surface area contributed by atoms with Crippen LogP contribution in [0.5, 0.6) is 0 Å². The SMILES string of the molecule is CCCC1CCC(NC(=O)NC(CCSC)C(=O)O)CC1. The van der Waals surface area contributed by atoms with Crippen LogP contribution in [0.2, 0.25) is 0 Å². The van der Waals surface area contributed by atoms with Crippen molar-refractivity contribution in [3.05, 3.63) is 0 Å². The van der Waals surface area contributed by atoms with E-state index in [2.05, 4.69) is 17.6 Å². The predicted molar refractivity (Wildman–Crippen MR) is 86.7 cm³/mol. The summed E-state index contributed by atoms with van der Waals surface area (Å²) in [4.78, 5) is 23.0. The van der Waals surface area contributed by atoms with Crippen LogP contribution in [0.4, 0.5) is 4.79 Å². The van der Waals surface area contributed by atoms with Crippen LogP contribution in [-0.4, -0.2) is 41.2 Å². The zero-order valence-electron chi connectivity index (χ0n) is 13.1. The number of nitrogens with one attached hydrogen (secondary N) is 2. The third-order valence-electron chi connectivity index (χ3n) is 4.09. The Balaban J connectivity index is 2.31. The van der Waals surface area contributed by atoms with Gasteiger partial charge in [-0.15, -0.1) is 0 Å². The molecule has 2 amide bonds. The number of urea groups is 1. The molecule has 0 radical (unpaired) electrons. The number of hydrogen-bond acceptors (Lipinski definition) is 3.